The maximum Gasteiger partial charge on any atom is 0.273 e. The molecule has 11 heteroatoms. The molecule has 0 unspecified atom stereocenters. The quantitative estimate of drug-likeness (QED) is 0.328. The Balaban J connectivity index is 1.34. The molecule has 0 N–H and O–H groups in total. The highest BCUT2D eigenvalue weighted by molar-refractivity contribution is 7.98. The summed E-state index contributed by atoms with van der Waals surface area (Å²) >= 11 is 9.30. The Kier molecular flexibility index (Phi) is 7.43. The molecule has 0 atom stereocenters. The molecule has 0 saturated carbocycles. The first kappa shape index (κ1) is 23.9. The highest BCUT2D eigenvalue weighted by atomic mass is 35.5. The monoisotopic (exact) mass is 525 g/mol. The van der Waals surface area contributed by atoms with Crippen LogP contribution in [0.1, 0.15) is 22.4 Å². The fourth-order valence-corrected chi connectivity index (χ4v) is 5.85. The molecule has 8 nitrogen and oxygen atoms in total. The Morgan fingerprint density at radius 1 is 1.11 bits per heavy atom. The Morgan fingerprint density at radius 2 is 1.91 bits per heavy atom. The summed E-state index contributed by atoms with van der Waals surface area (Å²) in [6.45, 7) is 6.48. The summed E-state index contributed by atoms with van der Waals surface area (Å²) < 4.78 is 1.98. The third kappa shape index (κ3) is 5.40. The number of likely N-dealkylation sites (N-methyl/N-ethyl adjacent to an activating group) is 1. The summed E-state index contributed by atoms with van der Waals surface area (Å²) in [4.78, 5) is 25.9. The molecule has 4 heterocycles. The number of amides is 1. The van der Waals surface area contributed by atoms with Gasteiger partial charge in [-0.1, -0.05) is 36.4 Å². The molecule has 180 valence electrons. The topological polar surface area (TPSA) is 80.0 Å². The number of benzene rings is 1. The Labute approximate surface area is 217 Å². The third-order valence-corrected chi connectivity index (χ3v) is 8.05. The highest BCUT2D eigenvalue weighted by Gasteiger charge is 2.23. The number of nitrogens with zero attached hydrogens (tertiary/aromatic N) is 7. The minimum Gasteiger partial charge on any atom is -0.335 e. The number of halogens is 1. The predicted molar refractivity (Wildman–Crippen MR) is 139 cm³/mol. The minimum atomic E-state index is 0.00956. The SMILES string of the molecule is CCN1CCN(C(=O)c2csc(CSc3nnc(-c4ccncc4)n3-c3cccc(Cl)c3)n2)CC1. The van der Waals surface area contributed by atoms with Crippen LogP contribution in [0.15, 0.2) is 59.3 Å². The summed E-state index contributed by atoms with van der Waals surface area (Å²) in [5, 5.41) is 13.0. The van der Waals surface area contributed by atoms with Crippen LogP contribution in [-0.4, -0.2) is 73.2 Å². The lowest BCUT2D eigenvalue weighted by Gasteiger charge is -2.33. The van der Waals surface area contributed by atoms with Crippen LogP contribution >= 0.6 is 34.7 Å². The Hall–Kier alpha value is -2.79. The van der Waals surface area contributed by atoms with E-state index in [9.17, 15) is 4.79 Å². The second kappa shape index (κ2) is 10.9. The van der Waals surface area contributed by atoms with E-state index in [1.807, 2.05) is 51.2 Å². The van der Waals surface area contributed by atoms with Gasteiger partial charge in [-0.05, 0) is 36.9 Å². The van der Waals surface area contributed by atoms with Crippen molar-refractivity contribution in [2.24, 2.45) is 0 Å². The first-order valence-corrected chi connectivity index (χ1v) is 13.6. The van der Waals surface area contributed by atoms with Crippen molar-refractivity contribution >= 4 is 40.6 Å². The predicted octanol–water partition coefficient (Wildman–Crippen LogP) is 4.51. The zero-order valence-corrected chi connectivity index (χ0v) is 21.6. The van der Waals surface area contributed by atoms with Crippen molar-refractivity contribution in [1.82, 2.24) is 34.5 Å². The maximum atomic E-state index is 12.9. The van der Waals surface area contributed by atoms with E-state index in [1.54, 1.807) is 12.4 Å². The molecule has 1 amide bonds. The van der Waals surface area contributed by atoms with Crippen molar-refractivity contribution < 1.29 is 4.79 Å². The van der Waals surface area contributed by atoms with Gasteiger partial charge in [0.05, 0.1) is 11.4 Å². The summed E-state index contributed by atoms with van der Waals surface area (Å²) in [5.41, 5.74) is 2.30. The van der Waals surface area contributed by atoms with Crippen LogP contribution in [0.3, 0.4) is 0 Å². The van der Waals surface area contributed by atoms with E-state index in [4.69, 9.17) is 11.6 Å². The lowest BCUT2D eigenvalue weighted by atomic mass is 10.2. The minimum absolute atomic E-state index is 0.00956. The number of hydrogen-bond acceptors (Lipinski definition) is 8. The highest BCUT2D eigenvalue weighted by Crippen LogP contribution is 2.31. The zero-order valence-electron chi connectivity index (χ0n) is 19.2. The summed E-state index contributed by atoms with van der Waals surface area (Å²) in [5.74, 6) is 1.30. The van der Waals surface area contributed by atoms with Crippen molar-refractivity contribution in [3.05, 3.63) is 69.9 Å². The van der Waals surface area contributed by atoms with Crippen LogP contribution in [0, 0.1) is 0 Å². The number of thiazole rings is 1. The van der Waals surface area contributed by atoms with Crippen molar-refractivity contribution in [1.29, 1.82) is 0 Å². The molecule has 3 aromatic heterocycles. The van der Waals surface area contributed by atoms with E-state index in [1.165, 1.54) is 23.1 Å². The largest absolute Gasteiger partial charge is 0.335 e. The van der Waals surface area contributed by atoms with Gasteiger partial charge < -0.3 is 9.80 Å². The van der Waals surface area contributed by atoms with E-state index in [0.29, 0.717) is 22.3 Å². The van der Waals surface area contributed by atoms with E-state index in [0.717, 1.165) is 54.1 Å². The van der Waals surface area contributed by atoms with Crippen LogP contribution in [-0.2, 0) is 5.75 Å². The number of piperazine rings is 1. The van der Waals surface area contributed by atoms with Crippen LogP contribution in [0.2, 0.25) is 5.02 Å². The van der Waals surface area contributed by atoms with Crippen molar-refractivity contribution in [2.75, 3.05) is 32.7 Å². The maximum absolute atomic E-state index is 12.9. The molecule has 1 saturated heterocycles. The molecule has 0 bridgehead atoms. The Morgan fingerprint density at radius 3 is 2.66 bits per heavy atom. The Bertz CT molecular complexity index is 1300. The standard InChI is InChI=1S/C24H24ClN7OS2/c1-2-30-10-12-31(13-11-30)23(33)20-15-34-21(27-20)16-35-24-29-28-22(17-6-8-26-9-7-17)32(24)19-5-3-4-18(25)14-19/h3-9,14-15H,2,10-13,16H2,1H3. The smallest absolute Gasteiger partial charge is 0.273 e. The number of thioether (sulfide) groups is 1. The number of hydrogen-bond donors (Lipinski definition) is 0. The van der Waals surface area contributed by atoms with Crippen molar-refractivity contribution in [2.45, 2.75) is 17.8 Å². The van der Waals surface area contributed by atoms with Gasteiger partial charge in [0.25, 0.3) is 5.91 Å². The molecule has 1 aromatic carbocycles. The molecule has 1 aliphatic rings. The normalized spacial score (nSPS) is 14.4. The van der Waals surface area contributed by atoms with E-state index in [2.05, 4.69) is 32.0 Å². The molecule has 0 spiro atoms. The van der Waals surface area contributed by atoms with Gasteiger partial charge in [0, 0.05) is 54.5 Å². The van der Waals surface area contributed by atoms with Gasteiger partial charge in [-0.2, -0.15) is 0 Å². The second-order valence-electron chi connectivity index (χ2n) is 8.00. The second-order valence-corrected chi connectivity index (χ2v) is 10.3. The number of carbonyl (C=O) groups excluding carboxylic acids is 1. The molecule has 1 aliphatic heterocycles. The number of carbonyl (C=O) groups is 1. The van der Waals surface area contributed by atoms with Crippen LogP contribution in [0.5, 0.6) is 0 Å². The van der Waals surface area contributed by atoms with Gasteiger partial charge in [0.2, 0.25) is 0 Å². The van der Waals surface area contributed by atoms with Crippen molar-refractivity contribution in [3.8, 4) is 17.1 Å². The molecular weight excluding hydrogens is 502 g/mol. The van der Waals surface area contributed by atoms with E-state index in [-0.39, 0.29) is 5.91 Å². The lowest BCUT2D eigenvalue weighted by Crippen LogP contribution is -2.48. The average Bonchev–Trinajstić information content (AvgIpc) is 3.55. The zero-order chi connectivity index (χ0) is 24.2. The first-order chi connectivity index (χ1) is 17.1. The average molecular weight is 526 g/mol. The van der Waals surface area contributed by atoms with Crippen LogP contribution in [0.4, 0.5) is 0 Å². The van der Waals surface area contributed by atoms with Gasteiger partial charge in [-0.15, -0.1) is 21.5 Å². The summed E-state index contributed by atoms with van der Waals surface area (Å²) in [6, 6.07) is 11.4. The summed E-state index contributed by atoms with van der Waals surface area (Å²) in [7, 11) is 0. The molecule has 0 radical (unpaired) electrons. The van der Waals surface area contributed by atoms with Crippen molar-refractivity contribution in [3.63, 3.8) is 0 Å². The van der Waals surface area contributed by atoms with Crippen LogP contribution < -0.4 is 0 Å². The molecule has 4 aromatic rings. The van der Waals surface area contributed by atoms with E-state index < -0.39 is 0 Å². The fraction of sp³-hybridized carbons (Fsp3) is 0.292. The first-order valence-electron chi connectivity index (χ1n) is 11.3. The van der Waals surface area contributed by atoms with Gasteiger partial charge in [-0.25, -0.2) is 4.98 Å². The van der Waals surface area contributed by atoms with Gasteiger partial charge >= 0.3 is 0 Å². The number of pyridine rings is 1. The fourth-order valence-electron chi connectivity index (χ4n) is 3.93. The third-order valence-electron chi connectivity index (χ3n) is 5.84. The lowest BCUT2D eigenvalue weighted by molar-refractivity contribution is 0.0638. The molecule has 5 rings (SSSR count). The van der Waals surface area contributed by atoms with Gasteiger partial charge in [0.1, 0.15) is 10.7 Å². The van der Waals surface area contributed by atoms with Crippen LogP contribution in [0.25, 0.3) is 17.1 Å². The molecular formula is C24H24ClN7OS2. The number of aromatic nitrogens is 5. The number of rotatable bonds is 7. The van der Waals surface area contributed by atoms with E-state index >= 15 is 0 Å². The molecule has 0 aliphatic carbocycles. The molecule has 35 heavy (non-hydrogen) atoms. The van der Waals surface area contributed by atoms with Gasteiger partial charge in [0.15, 0.2) is 11.0 Å². The molecule has 1 fully saturated rings. The van der Waals surface area contributed by atoms with Gasteiger partial charge in [-0.3, -0.25) is 14.3 Å². The summed E-state index contributed by atoms with van der Waals surface area (Å²) in [6.07, 6.45) is 3.46.